The van der Waals surface area contributed by atoms with E-state index in [0.717, 1.165) is 37.7 Å². The number of ether oxygens (including phenoxy) is 1. The molecule has 3 rings (SSSR count). The lowest BCUT2D eigenvalue weighted by molar-refractivity contribution is -0.00778. The third kappa shape index (κ3) is 3.21. The molecule has 1 heterocycles. The maximum absolute atomic E-state index is 12.7. The summed E-state index contributed by atoms with van der Waals surface area (Å²) in [5, 5.41) is 0. The van der Waals surface area contributed by atoms with Crippen LogP contribution in [0.25, 0.3) is 0 Å². The van der Waals surface area contributed by atoms with Crippen LogP contribution in [0.15, 0.2) is 42.9 Å². The third-order valence-corrected chi connectivity index (χ3v) is 4.79. The Morgan fingerprint density at radius 2 is 2.00 bits per heavy atom. The standard InChI is InChI=1S/C20H22N2O2/c1-3-20(12-8-5-9-13-20)24-19(23)18-14-21-15-22(18)16(2)17-10-6-4-7-11-17/h1,4,6-7,10-11,14-16H,5,8-9,12-13H2,2H3. The molecule has 0 N–H and O–H groups in total. The number of nitrogens with zero attached hydrogens (tertiary/aromatic N) is 2. The molecule has 0 bridgehead atoms. The van der Waals surface area contributed by atoms with Crippen LogP contribution >= 0.6 is 0 Å². The highest BCUT2D eigenvalue weighted by molar-refractivity contribution is 5.88. The number of hydrogen-bond donors (Lipinski definition) is 0. The van der Waals surface area contributed by atoms with Gasteiger partial charge in [0.15, 0.2) is 5.60 Å². The molecule has 1 atom stereocenters. The minimum Gasteiger partial charge on any atom is -0.441 e. The predicted octanol–water partition coefficient (Wildman–Crippen LogP) is 3.99. The Bertz CT molecular complexity index is 736. The van der Waals surface area contributed by atoms with Gasteiger partial charge in [-0.2, -0.15) is 0 Å². The van der Waals surface area contributed by atoms with Crippen molar-refractivity contribution in [1.82, 2.24) is 9.55 Å². The lowest BCUT2D eigenvalue weighted by atomic mass is 9.85. The molecule has 0 amide bonds. The summed E-state index contributed by atoms with van der Waals surface area (Å²) >= 11 is 0. The number of benzene rings is 1. The number of hydrogen-bond acceptors (Lipinski definition) is 3. The Kier molecular flexibility index (Phi) is 4.71. The van der Waals surface area contributed by atoms with E-state index in [4.69, 9.17) is 11.2 Å². The highest BCUT2D eigenvalue weighted by Crippen LogP contribution is 2.32. The van der Waals surface area contributed by atoms with Crippen LogP contribution in [0.4, 0.5) is 0 Å². The first-order chi connectivity index (χ1) is 11.7. The van der Waals surface area contributed by atoms with E-state index in [9.17, 15) is 4.79 Å². The molecule has 24 heavy (non-hydrogen) atoms. The maximum atomic E-state index is 12.7. The van der Waals surface area contributed by atoms with Gasteiger partial charge in [-0.1, -0.05) is 42.7 Å². The summed E-state index contributed by atoms with van der Waals surface area (Å²) in [6, 6.07) is 9.99. The SMILES string of the molecule is C#CC1(OC(=O)c2cncn2C(C)c2ccccc2)CCCCC1. The van der Waals surface area contributed by atoms with Crippen LogP contribution in [0.2, 0.25) is 0 Å². The van der Waals surface area contributed by atoms with E-state index in [-0.39, 0.29) is 6.04 Å². The molecule has 1 aliphatic rings. The highest BCUT2D eigenvalue weighted by Gasteiger charge is 2.35. The zero-order valence-electron chi connectivity index (χ0n) is 13.9. The van der Waals surface area contributed by atoms with Crippen LogP contribution in [0.5, 0.6) is 0 Å². The van der Waals surface area contributed by atoms with E-state index in [1.54, 1.807) is 12.5 Å². The van der Waals surface area contributed by atoms with Gasteiger partial charge < -0.3 is 9.30 Å². The van der Waals surface area contributed by atoms with Crippen molar-refractivity contribution in [2.45, 2.75) is 50.7 Å². The van der Waals surface area contributed by atoms with Gasteiger partial charge in [-0.25, -0.2) is 9.78 Å². The van der Waals surface area contributed by atoms with Crippen molar-refractivity contribution in [1.29, 1.82) is 0 Å². The smallest absolute Gasteiger partial charge is 0.358 e. The van der Waals surface area contributed by atoms with Gasteiger partial charge in [0.25, 0.3) is 0 Å². The molecule has 1 aromatic heterocycles. The van der Waals surface area contributed by atoms with Crippen LogP contribution in [0, 0.1) is 12.3 Å². The first-order valence-corrected chi connectivity index (χ1v) is 8.43. The third-order valence-electron chi connectivity index (χ3n) is 4.79. The van der Waals surface area contributed by atoms with Crippen LogP contribution in [0.1, 0.15) is 61.1 Å². The number of esters is 1. The van der Waals surface area contributed by atoms with Gasteiger partial charge in [0.05, 0.1) is 18.6 Å². The van der Waals surface area contributed by atoms with E-state index >= 15 is 0 Å². The summed E-state index contributed by atoms with van der Waals surface area (Å²) in [6.45, 7) is 2.03. The fourth-order valence-electron chi connectivity index (χ4n) is 3.29. The minimum absolute atomic E-state index is 0.00982. The van der Waals surface area contributed by atoms with Gasteiger partial charge in [0.1, 0.15) is 5.69 Å². The molecular formula is C20H22N2O2. The second kappa shape index (κ2) is 6.92. The second-order valence-corrected chi connectivity index (χ2v) is 6.36. The molecule has 2 aromatic rings. The fourth-order valence-corrected chi connectivity index (χ4v) is 3.29. The van der Waals surface area contributed by atoms with E-state index in [1.165, 1.54) is 0 Å². The topological polar surface area (TPSA) is 44.1 Å². The second-order valence-electron chi connectivity index (χ2n) is 6.36. The Morgan fingerprint density at radius 3 is 2.67 bits per heavy atom. The lowest BCUT2D eigenvalue weighted by Gasteiger charge is -2.32. The number of rotatable bonds is 4. The number of aromatic nitrogens is 2. The molecule has 1 unspecified atom stereocenters. The molecule has 1 aromatic carbocycles. The lowest BCUT2D eigenvalue weighted by Crippen LogP contribution is -2.36. The van der Waals surface area contributed by atoms with E-state index in [2.05, 4.69) is 10.9 Å². The first-order valence-electron chi connectivity index (χ1n) is 8.43. The van der Waals surface area contributed by atoms with Gasteiger partial charge in [-0.15, -0.1) is 6.42 Å². The van der Waals surface area contributed by atoms with E-state index in [1.807, 2.05) is 41.8 Å². The van der Waals surface area contributed by atoms with Crippen LogP contribution < -0.4 is 0 Å². The molecule has 1 fully saturated rings. The van der Waals surface area contributed by atoms with Crippen molar-refractivity contribution in [3.8, 4) is 12.3 Å². The molecule has 0 radical (unpaired) electrons. The van der Waals surface area contributed by atoms with Gasteiger partial charge in [0.2, 0.25) is 0 Å². The molecule has 124 valence electrons. The molecule has 1 aliphatic carbocycles. The van der Waals surface area contributed by atoms with Crippen LogP contribution in [-0.4, -0.2) is 21.1 Å². The summed E-state index contributed by atoms with van der Waals surface area (Å²) in [7, 11) is 0. The number of carbonyl (C=O) groups is 1. The average Bonchev–Trinajstić information content (AvgIpc) is 3.12. The Morgan fingerprint density at radius 1 is 1.29 bits per heavy atom. The summed E-state index contributed by atoms with van der Waals surface area (Å²) in [5.41, 5.74) is 0.779. The zero-order valence-corrected chi connectivity index (χ0v) is 13.9. The number of imidazole rings is 1. The zero-order chi connectivity index (χ0) is 17.0. The van der Waals surface area contributed by atoms with Crippen molar-refractivity contribution < 1.29 is 9.53 Å². The van der Waals surface area contributed by atoms with E-state index < -0.39 is 11.6 Å². The molecule has 0 aliphatic heterocycles. The molecule has 4 heteroatoms. The van der Waals surface area contributed by atoms with Gasteiger partial charge in [0, 0.05) is 0 Å². The van der Waals surface area contributed by atoms with Crippen molar-refractivity contribution in [2.24, 2.45) is 0 Å². The minimum atomic E-state index is -0.763. The normalized spacial score (nSPS) is 17.7. The summed E-state index contributed by atoms with van der Waals surface area (Å²) in [4.78, 5) is 16.9. The van der Waals surface area contributed by atoms with Gasteiger partial charge >= 0.3 is 5.97 Å². The molecular weight excluding hydrogens is 300 g/mol. The number of carbonyl (C=O) groups excluding carboxylic acids is 1. The quantitative estimate of drug-likeness (QED) is 0.631. The monoisotopic (exact) mass is 322 g/mol. The summed E-state index contributed by atoms with van der Waals surface area (Å²) < 4.78 is 7.60. The Hall–Kier alpha value is -2.54. The Labute approximate surface area is 142 Å². The largest absolute Gasteiger partial charge is 0.441 e. The van der Waals surface area contributed by atoms with Gasteiger partial charge in [-0.05, 0) is 38.2 Å². The average molecular weight is 322 g/mol. The van der Waals surface area contributed by atoms with Crippen molar-refractivity contribution >= 4 is 5.97 Å². The van der Waals surface area contributed by atoms with E-state index in [0.29, 0.717) is 5.69 Å². The van der Waals surface area contributed by atoms with Crippen LogP contribution in [0.3, 0.4) is 0 Å². The maximum Gasteiger partial charge on any atom is 0.358 e. The molecule has 1 saturated carbocycles. The summed E-state index contributed by atoms with van der Waals surface area (Å²) in [5.74, 6) is 2.32. The van der Waals surface area contributed by atoms with Crippen molar-refractivity contribution in [3.05, 3.63) is 54.1 Å². The Balaban J connectivity index is 1.82. The predicted molar refractivity (Wildman–Crippen MR) is 92.5 cm³/mol. The van der Waals surface area contributed by atoms with Crippen molar-refractivity contribution in [3.63, 3.8) is 0 Å². The summed E-state index contributed by atoms with van der Waals surface area (Å²) in [6.07, 6.45) is 13.5. The number of terminal acetylenes is 1. The molecule has 4 nitrogen and oxygen atoms in total. The molecule has 0 spiro atoms. The first kappa shape index (κ1) is 16.3. The fraction of sp³-hybridized carbons (Fsp3) is 0.400. The van der Waals surface area contributed by atoms with Crippen molar-refractivity contribution in [2.75, 3.05) is 0 Å². The highest BCUT2D eigenvalue weighted by atomic mass is 16.6. The van der Waals surface area contributed by atoms with Gasteiger partial charge in [-0.3, -0.25) is 0 Å². The van der Waals surface area contributed by atoms with Crippen LogP contribution in [-0.2, 0) is 4.74 Å². The molecule has 0 saturated heterocycles.